The number of fused-ring (bicyclic) bond motifs is 2. The van der Waals surface area contributed by atoms with Gasteiger partial charge in [-0.1, -0.05) is 55.5 Å². The van der Waals surface area contributed by atoms with E-state index in [-0.39, 0.29) is 11.5 Å². The van der Waals surface area contributed by atoms with E-state index in [1.807, 2.05) is 30.5 Å². The van der Waals surface area contributed by atoms with Gasteiger partial charge in [-0.2, -0.15) is 0 Å². The Kier molecular flexibility index (Phi) is 6.25. The maximum absolute atomic E-state index is 6.74. The quantitative estimate of drug-likeness (QED) is 0.367. The maximum Gasteiger partial charge on any atom is 0.108 e. The van der Waals surface area contributed by atoms with Crippen LogP contribution in [0, 0.1) is 0 Å². The standard InChI is InChI=1S/C28H33N5/c1-28(21-11-3-2-4-12-21,19-31-25-15-7-9-20-10-8-16-30-27(20)25)18-22(29)17-26-32-23-13-5-6-14-24(23)33-26/h2-6,8,10-14,16,22,25,31H,7,9,15,17-19,29H2,1H3,(H,32,33). The predicted octanol–water partition coefficient (Wildman–Crippen LogP) is 4.84. The molecule has 0 amide bonds. The van der Waals surface area contributed by atoms with Gasteiger partial charge in [-0.15, -0.1) is 0 Å². The zero-order chi connectivity index (χ0) is 22.7. The number of imidazole rings is 1. The Morgan fingerprint density at radius 2 is 1.91 bits per heavy atom. The van der Waals surface area contributed by atoms with Gasteiger partial charge in [-0.3, -0.25) is 4.98 Å². The van der Waals surface area contributed by atoms with Crippen LogP contribution in [0.1, 0.15) is 54.9 Å². The fourth-order valence-electron chi connectivity index (χ4n) is 5.29. The van der Waals surface area contributed by atoms with Crippen molar-refractivity contribution in [3.8, 4) is 0 Å². The first kappa shape index (κ1) is 21.8. The summed E-state index contributed by atoms with van der Waals surface area (Å²) >= 11 is 0. The summed E-state index contributed by atoms with van der Waals surface area (Å²) in [5.74, 6) is 0.956. The number of hydrogen-bond donors (Lipinski definition) is 3. The van der Waals surface area contributed by atoms with Crippen molar-refractivity contribution >= 4 is 11.0 Å². The minimum Gasteiger partial charge on any atom is -0.342 e. The lowest BCUT2D eigenvalue weighted by Gasteiger charge is -2.36. The van der Waals surface area contributed by atoms with Crippen LogP contribution in [0.2, 0.25) is 0 Å². The second-order valence-electron chi connectivity index (χ2n) is 9.67. The summed E-state index contributed by atoms with van der Waals surface area (Å²) < 4.78 is 0. The third kappa shape index (κ3) is 4.85. The maximum atomic E-state index is 6.74. The first-order chi connectivity index (χ1) is 16.1. The van der Waals surface area contributed by atoms with E-state index < -0.39 is 0 Å². The molecule has 170 valence electrons. The largest absolute Gasteiger partial charge is 0.342 e. The number of aryl methyl sites for hydroxylation is 1. The van der Waals surface area contributed by atoms with Crippen molar-refractivity contribution in [1.82, 2.24) is 20.3 Å². The van der Waals surface area contributed by atoms with Crippen LogP contribution in [-0.2, 0) is 18.3 Å². The lowest BCUT2D eigenvalue weighted by Crippen LogP contribution is -2.43. The van der Waals surface area contributed by atoms with Gasteiger partial charge in [0.05, 0.1) is 16.7 Å². The highest BCUT2D eigenvalue weighted by Gasteiger charge is 2.31. The first-order valence-corrected chi connectivity index (χ1v) is 12.0. The van der Waals surface area contributed by atoms with E-state index in [4.69, 9.17) is 15.7 Å². The lowest BCUT2D eigenvalue weighted by atomic mass is 9.76. The Morgan fingerprint density at radius 1 is 1.09 bits per heavy atom. The summed E-state index contributed by atoms with van der Waals surface area (Å²) in [5, 5.41) is 3.87. The highest BCUT2D eigenvalue weighted by Crippen LogP contribution is 2.32. The number of nitrogens with one attached hydrogen (secondary N) is 2. The molecule has 3 unspecified atom stereocenters. The number of aromatic amines is 1. The molecule has 3 atom stereocenters. The number of para-hydroxylation sites is 2. The number of pyridine rings is 1. The van der Waals surface area contributed by atoms with E-state index in [1.54, 1.807) is 0 Å². The Balaban J connectivity index is 1.33. The Labute approximate surface area is 195 Å². The number of aromatic nitrogens is 3. The van der Waals surface area contributed by atoms with Gasteiger partial charge in [-0.05, 0) is 55.0 Å². The molecule has 5 rings (SSSR count). The van der Waals surface area contributed by atoms with Crippen LogP contribution in [0.25, 0.3) is 11.0 Å². The van der Waals surface area contributed by atoms with E-state index in [2.05, 4.69) is 59.7 Å². The summed E-state index contributed by atoms with van der Waals surface area (Å²) in [7, 11) is 0. The van der Waals surface area contributed by atoms with Crippen molar-refractivity contribution in [3.05, 3.63) is 95.6 Å². The molecule has 5 nitrogen and oxygen atoms in total. The Bertz CT molecular complexity index is 1170. The highest BCUT2D eigenvalue weighted by molar-refractivity contribution is 5.74. The van der Waals surface area contributed by atoms with Gasteiger partial charge < -0.3 is 16.0 Å². The third-order valence-electron chi connectivity index (χ3n) is 7.01. The zero-order valence-electron chi connectivity index (χ0n) is 19.3. The molecule has 4 N–H and O–H groups in total. The molecule has 0 saturated carbocycles. The average Bonchev–Trinajstić information content (AvgIpc) is 3.25. The molecule has 2 heterocycles. The van der Waals surface area contributed by atoms with Crippen molar-refractivity contribution in [2.45, 2.75) is 56.5 Å². The number of benzene rings is 2. The molecule has 0 radical (unpaired) electrons. The summed E-state index contributed by atoms with van der Waals surface area (Å²) in [5.41, 5.74) is 12.6. The van der Waals surface area contributed by atoms with Gasteiger partial charge >= 0.3 is 0 Å². The second kappa shape index (κ2) is 9.46. The molecule has 2 aromatic carbocycles. The van der Waals surface area contributed by atoms with Gasteiger partial charge in [0.2, 0.25) is 0 Å². The Morgan fingerprint density at radius 3 is 2.76 bits per heavy atom. The molecular weight excluding hydrogens is 406 g/mol. The molecule has 33 heavy (non-hydrogen) atoms. The number of rotatable bonds is 8. The number of hydrogen-bond acceptors (Lipinski definition) is 4. The molecule has 0 saturated heterocycles. The molecule has 1 aliphatic carbocycles. The van der Waals surface area contributed by atoms with Crippen LogP contribution in [0.15, 0.2) is 72.9 Å². The minimum atomic E-state index is -0.0981. The minimum absolute atomic E-state index is 0.00524. The van der Waals surface area contributed by atoms with Gasteiger partial charge in [0.15, 0.2) is 0 Å². The van der Waals surface area contributed by atoms with Gasteiger partial charge in [-0.25, -0.2) is 4.98 Å². The summed E-state index contributed by atoms with van der Waals surface area (Å²) in [6.45, 7) is 3.18. The summed E-state index contributed by atoms with van der Waals surface area (Å²) in [4.78, 5) is 12.9. The topological polar surface area (TPSA) is 79.6 Å². The molecule has 1 aliphatic rings. The second-order valence-corrected chi connectivity index (χ2v) is 9.67. The van der Waals surface area contributed by atoms with Crippen LogP contribution in [0.4, 0.5) is 0 Å². The van der Waals surface area contributed by atoms with Crippen molar-refractivity contribution < 1.29 is 0 Å². The van der Waals surface area contributed by atoms with Crippen molar-refractivity contribution in [2.75, 3.05) is 6.54 Å². The van der Waals surface area contributed by atoms with Gasteiger partial charge in [0, 0.05) is 36.7 Å². The molecule has 2 aromatic heterocycles. The fraction of sp³-hybridized carbons (Fsp3) is 0.357. The number of H-pyrrole nitrogens is 1. The van der Waals surface area contributed by atoms with E-state index in [9.17, 15) is 0 Å². The van der Waals surface area contributed by atoms with E-state index in [0.29, 0.717) is 6.04 Å². The number of nitrogens with two attached hydrogens (primary N) is 1. The Hall–Kier alpha value is -3.02. The van der Waals surface area contributed by atoms with Crippen molar-refractivity contribution in [2.24, 2.45) is 5.73 Å². The van der Waals surface area contributed by atoms with E-state index in [0.717, 1.165) is 49.1 Å². The van der Waals surface area contributed by atoms with E-state index >= 15 is 0 Å². The van der Waals surface area contributed by atoms with Crippen LogP contribution in [0.3, 0.4) is 0 Å². The zero-order valence-corrected chi connectivity index (χ0v) is 19.3. The molecule has 5 heteroatoms. The third-order valence-corrected chi connectivity index (χ3v) is 7.01. The SMILES string of the molecule is CC(CNC1CCCc2cccnc21)(CC(N)Cc1nc2ccccc2[nH]1)c1ccccc1. The molecule has 0 bridgehead atoms. The molecule has 0 spiro atoms. The fourth-order valence-corrected chi connectivity index (χ4v) is 5.29. The molecular formula is C28H33N5. The predicted molar refractivity (Wildman–Crippen MR) is 134 cm³/mol. The van der Waals surface area contributed by atoms with Crippen LogP contribution < -0.4 is 11.1 Å². The molecule has 0 fully saturated rings. The van der Waals surface area contributed by atoms with Crippen LogP contribution >= 0.6 is 0 Å². The first-order valence-electron chi connectivity index (χ1n) is 12.0. The van der Waals surface area contributed by atoms with Gasteiger partial charge in [0.25, 0.3) is 0 Å². The van der Waals surface area contributed by atoms with Crippen molar-refractivity contribution in [1.29, 1.82) is 0 Å². The molecule has 4 aromatic rings. The van der Waals surface area contributed by atoms with Crippen molar-refractivity contribution in [3.63, 3.8) is 0 Å². The average molecular weight is 440 g/mol. The monoisotopic (exact) mass is 439 g/mol. The highest BCUT2D eigenvalue weighted by atomic mass is 15.0. The summed E-state index contributed by atoms with van der Waals surface area (Å²) in [6, 6.07) is 23.5. The normalized spacial score (nSPS) is 18.5. The van der Waals surface area contributed by atoms with Crippen LogP contribution in [-0.4, -0.2) is 27.5 Å². The number of nitrogens with zero attached hydrogens (tertiary/aromatic N) is 2. The smallest absolute Gasteiger partial charge is 0.108 e. The van der Waals surface area contributed by atoms with Gasteiger partial charge in [0.1, 0.15) is 5.82 Å². The summed E-state index contributed by atoms with van der Waals surface area (Å²) in [6.07, 6.45) is 6.95. The van der Waals surface area contributed by atoms with E-state index in [1.165, 1.54) is 23.2 Å². The van der Waals surface area contributed by atoms with Crippen LogP contribution in [0.5, 0.6) is 0 Å². The lowest BCUT2D eigenvalue weighted by molar-refractivity contribution is 0.329. The molecule has 0 aliphatic heterocycles.